The number of rotatable bonds is 1. The summed E-state index contributed by atoms with van der Waals surface area (Å²) in [6, 6.07) is 5.99. The molecule has 0 bridgehead atoms. The van der Waals surface area contributed by atoms with Gasteiger partial charge in [-0.05, 0) is 30.7 Å². The molecule has 1 fully saturated rings. The number of aryl methyl sites for hydroxylation is 1. The van der Waals surface area contributed by atoms with Gasteiger partial charge in [-0.2, -0.15) is 0 Å². The van der Waals surface area contributed by atoms with Gasteiger partial charge in [0.1, 0.15) is 0 Å². The lowest BCUT2D eigenvalue weighted by Crippen LogP contribution is -2.48. The Bertz CT molecular complexity index is 423. The Morgan fingerprint density at radius 2 is 1.88 bits per heavy atom. The number of hydrogen-bond acceptors (Lipinski definition) is 3. The summed E-state index contributed by atoms with van der Waals surface area (Å²) in [5.41, 5.74) is 8.97. The van der Waals surface area contributed by atoms with E-state index in [1.807, 2.05) is 17.0 Å². The lowest BCUT2D eigenvalue weighted by Gasteiger charge is -2.36. The van der Waals surface area contributed by atoms with E-state index in [2.05, 4.69) is 17.9 Å². The van der Waals surface area contributed by atoms with Crippen LogP contribution in [0.5, 0.6) is 0 Å². The molecule has 0 aromatic heterocycles. The van der Waals surface area contributed by atoms with E-state index in [0.29, 0.717) is 0 Å². The molecule has 4 heteroatoms. The third-order valence-electron chi connectivity index (χ3n) is 3.29. The van der Waals surface area contributed by atoms with Crippen molar-refractivity contribution >= 4 is 17.3 Å². The summed E-state index contributed by atoms with van der Waals surface area (Å²) in [6.07, 6.45) is 0. The van der Waals surface area contributed by atoms with Gasteiger partial charge in [-0.1, -0.05) is 0 Å². The summed E-state index contributed by atoms with van der Waals surface area (Å²) in [7, 11) is 0. The number of nitrogens with two attached hydrogens (primary N) is 1. The standard InChI is InChI=1S/C13H19N3O/c1-10-9-12(14)3-4-13(10)16-7-5-15(6-8-16)11(2)17/h3-4,9H,5-8,14H2,1-2H3. The van der Waals surface area contributed by atoms with Crippen LogP contribution in [0.3, 0.4) is 0 Å². The second-order valence-corrected chi connectivity index (χ2v) is 4.54. The Balaban J connectivity index is 2.08. The number of nitrogens with zero attached hydrogens (tertiary/aromatic N) is 2. The highest BCUT2D eigenvalue weighted by atomic mass is 16.2. The van der Waals surface area contributed by atoms with E-state index in [9.17, 15) is 4.79 Å². The number of hydrogen-bond donors (Lipinski definition) is 1. The summed E-state index contributed by atoms with van der Waals surface area (Å²) in [6.45, 7) is 7.10. The van der Waals surface area contributed by atoms with Crippen LogP contribution < -0.4 is 10.6 Å². The van der Waals surface area contributed by atoms with Crippen molar-refractivity contribution in [1.82, 2.24) is 4.90 Å². The zero-order valence-electron chi connectivity index (χ0n) is 10.4. The molecular formula is C13H19N3O. The quantitative estimate of drug-likeness (QED) is 0.743. The third kappa shape index (κ3) is 2.52. The van der Waals surface area contributed by atoms with E-state index < -0.39 is 0 Å². The van der Waals surface area contributed by atoms with Crippen LogP contribution in [0.25, 0.3) is 0 Å². The molecular weight excluding hydrogens is 214 g/mol. The fourth-order valence-corrected chi connectivity index (χ4v) is 2.30. The zero-order valence-corrected chi connectivity index (χ0v) is 10.4. The van der Waals surface area contributed by atoms with Crippen LogP contribution in [0.4, 0.5) is 11.4 Å². The van der Waals surface area contributed by atoms with E-state index in [1.54, 1.807) is 6.92 Å². The molecule has 0 aliphatic carbocycles. The van der Waals surface area contributed by atoms with Gasteiger partial charge in [-0.3, -0.25) is 4.79 Å². The fraction of sp³-hybridized carbons (Fsp3) is 0.462. The summed E-state index contributed by atoms with van der Waals surface area (Å²) >= 11 is 0. The second kappa shape index (κ2) is 4.65. The van der Waals surface area contributed by atoms with Crippen LogP contribution in [-0.2, 0) is 4.79 Å². The Labute approximate surface area is 102 Å². The summed E-state index contributed by atoms with van der Waals surface area (Å²) in [4.78, 5) is 15.5. The maximum Gasteiger partial charge on any atom is 0.219 e. The molecule has 1 aliphatic rings. The molecule has 1 aromatic rings. The molecule has 0 radical (unpaired) electrons. The first-order chi connectivity index (χ1) is 8.08. The van der Waals surface area contributed by atoms with Crippen LogP contribution in [-0.4, -0.2) is 37.0 Å². The monoisotopic (exact) mass is 233 g/mol. The summed E-state index contributed by atoms with van der Waals surface area (Å²) < 4.78 is 0. The Hall–Kier alpha value is -1.71. The van der Waals surface area contributed by atoms with E-state index >= 15 is 0 Å². The summed E-state index contributed by atoms with van der Waals surface area (Å²) in [5, 5.41) is 0. The van der Waals surface area contributed by atoms with Gasteiger partial charge >= 0.3 is 0 Å². The lowest BCUT2D eigenvalue weighted by atomic mass is 10.1. The van der Waals surface area contributed by atoms with Gasteiger partial charge in [0, 0.05) is 44.5 Å². The second-order valence-electron chi connectivity index (χ2n) is 4.54. The Morgan fingerprint density at radius 1 is 1.24 bits per heavy atom. The van der Waals surface area contributed by atoms with E-state index in [4.69, 9.17) is 5.73 Å². The van der Waals surface area contributed by atoms with Crippen molar-refractivity contribution in [2.75, 3.05) is 36.8 Å². The van der Waals surface area contributed by atoms with Crippen LogP contribution >= 0.6 is 0 Å². The molecule has 0 saturated carbocycles. The Kier molecular flexibility index (Phi) is 3.22. The van der Waals surface area contributed by atoms with Crippen molar-refractivity contribution in [2.45, 2.75) is 13.8 Å². The van der Waals surface area contributed by atoms with Crippen LogP contribution in [0.15, 0.2) is 18.2 Å². The predicted molar refractivity (Wildman–Crippen MR) is 70.1 cm³/mol. The highest BCUT2D eigenvalue weighted by molar-refractivity contribution is 5.73. The van der Waals surface area contributed by atoms with Crippen molar-refractivity contribution in [3.05, 3.63) is 23.8 Å². The minimum Gasteiger partial charge on any atom is -0.399 e. The molecule has 0 unspecified atom stereocenters. The average Bonchev–Trinajstić information content (AvgIpc) is 2.29. The normalized spacial score (nSPS) is 16.1. The molecule has 1 heterocycles. The van der Waals surface area contributed by atoms with Crippen molar-refractivity contribution in [2.24, 2.45) is 0 Å². The summed E-state index contributed by atoms with van der Waals surface area (Å²) in [5.74, 6) is 0.165. The van der Waals surface area contributed by atoms with Crippen LogP contribution in [0.2, 0.25) is 0 Å². The number of anilines is 2. The number of benzene rings is 1. The maximum atomic E-state index is 11.2. The van der Waals surface area contributed by atoms with Gasteiger partial charge in [0.25, 0.3) is 0 Å². The maximum absolute atomic E-state index is 11.2. The SMILES string of the molecule is CC(=O)N1CCN(c2ccc(N)cc2C)CC1. The van der Waals surface area contributed by atoms with E-state index in [0.717, 1.165) is 31.9 Å². The van der Waals surface area contributed by atoms with Gasteiger partial charge < -0.3 is 15.5 Å². The lowest BCUT2D eigenvalue weighted by molar-refractivity contribution is -0.129. The highest BCUT2D eigenvalue weighted by Crippen LogP contribution is 2.23. The molecule has 1 saturated heterocycles. The van der Waals surface area contributed by atoms with Gasteiger partial charge in [0.05, 0.1) is 0 Å². The minimum absolute atomic E-state index is 0.165. The van der Waals surface area contributed by atoms with Crippen molar-refractivity contribution in [3.63, 3.8) is 0 Å². The topological polar surface area (TPSA) is 49.6 Å². The first-order valence-corrected chi connectivity index (χ1v) is 5.94. The van der Waals surface area contributed by atoms with E-state index in [1.165, 1.54) is 11.3 Å². The minimum atomic E-state index is 0.165. The molecule has 1 amide bonds. The zero-order chi connectivity index (χ0) is 12.4. The van der Waals surface area contributed by atoms with Crippen molar-refractivity contribution in [1.29, 1.82) is 0 Å². The predicted octanol–water partition coefficient (Wildman–Crippen LogP) is 1.25. The van der Waals surface area contributed by atoms with Gasteiger partial charge in [0.2, 0.25) is 5.91 Å². The number of nitrogen functional groups attached to an aromatic ring is 1. The number of carbonyl (C=O) groups excluding carboxylic acids is 1. The first kappa shape index (κ1) is 11.8. The molecule has 92 valence electrons. The molecule has 17 heavy (non-hydrogen) atoms. The largest absolute Gasteiger partial charge is 0.399 e. The molecule has 0 spiro atoms. The first-order valence-electron chi connectivity index (χ1n) is 5.94. The fourth-order valence-electron chi connectivity index (χ4n) is 2.30. The van der Waals surface area contributed by atoms with Crippen LogP contribution in [0.1, 0.15) is 12.5 Å². The molecule has 2 N–H and O–H groups in total. The number of piperazine rings is 1. The van der Waals surface area contributed by atoms with Gasteiger partial charge in [-0.15, -0.1) is 0 Å². The van der Waals surface area contributed by atoms with E-state index in [-0.39, 0.29) is 5.91 Å². The van der Waals surface area contributed by atoms with Gasteiger partial charge in [0.15, 0.2) is 0 Å². The smallest absolute Gasteiger partial charge is 0.219 e. The highest BCUT2D eigenvalue weighted by Gasteiger charge is 2.19. The van der Waals surface area contributed by atoms with Crippen molar-refractivity contribution < 1.29 is 4.79 Å². The third-order valence-corrected chi connectivity index (χ3v) is 3.29. The van der Waals surface area contributed by atoms with Crippen LogP contribution in [0, 0.1) is 6.92 Å². The average molecular weight is 233 g/mol. The van der Waals surface area contributed by atoms with Crippen molar-refractivity contribution in [3.8, 4) is 0 Å². The molecule has 2 rings (SSSR count). The molecule has 1 aliphatic heterocycles. The Morgan fingerprint density at radius 3 is 2.41 bits per heavy atom. The molecule has 1 aromatic carbocycles. The number of carbonyl (C=O) groups is 1. The number of amides is 1. The van der Waals surface area contributed by atoms with Gasteiger partial charge in [-0.25, -0.2) is 0 Å². The molecule has 4 nitrogen and oxygen atoms in total. The molecule has 0 atom stereocenters.